The molecule has 0 amide bonds. The van der Waals surface area contributed by atoms with Gasteiger partial charge in [0, 0.05) is 25.3 Å². The van der Waals surface area contributed by atoms with E-state index in [1.807, 2.05) is 30.3 Å². The van der Waals surface area contributed by atoms with Gasteiger partial charge in [0.2, 0.25) is 0 Å². The maximum atomic E-state index is 5.65. The molecule has 3 aromatic rings. The molecule has 22 heavy (non-hydrogen) atoms. The van der Waals surface area contributed by atoms with E-state index in [1.165, 1.54) is 5.69 Å². The molecule has 0 spiro atoms. The van der Waals surface area contributed by atoms with Gasteiger partial charge in [-0.15, -0.1) is 0 Å². The van der Waals surface area contributed by atoms with Crippen molar-refractivity contribution >= 4 is 22.8 Å². The molecule has 1 heterocycles. The Labute approximate surface area is 130 Å². The number of oxazole rings is 1. The first-order valence-electron chi connectivity index (χ1n) is 7.76. The first-order valence-corrected chi connectivity index (χ1v) is 7.76. The van der Waals surface area contributed by atoms with Crippen LogP contribution in [0, 0.1) is 0 Å². The Hall–Kier alpha value is -2.49. The zero-order valence-corrected chi connectivity index (χ0v) is 12.8. The van der Waals surface area contributed by atoms with Crippen LogP contribution in [0.25, 0.3) is 11.1 Å². The predicted octanol–water partition coefficient (Wildman–Crippen LogP) is 4.16. The molecule has 1 aromatic heterocycles. The number of benzene rings is 2. The van der Waals surface area contributed by atoms with Crippen LogP contribution < -0.4 is 10.2 Å². The van der Waals surface area contributed by atoms with E-state index < -0.39 is 0 Å². The van der Waals surface area contributed by atoms with Gasteiger partial charge in [-0.2, -0.15) is 4.98 Å². The minimum atomic E-state index is 0.601. The number of hydrogen-bond donors (Lipinski definition) is 1. The second-order valence-electron chi connectivity index (χ2n) is 5.18. The summed E-state index contributed by atoms with van der Waals surface area (Å²) >= 11 is 0. The fourth-order valence-corrected chi connectivity index (χ4v) is 2.52. The normalized spacial score (nSPS) is 10.8. The van der Waals surface area contributed by atoms with E-state index in [0.29, 0.717) is 6.01 Å². The average molecular weight is 295 g/mol. The minimum absolute atomic E-state index is 0.601. The van der Waals surface area contributed by atoms with Crippen LogP contribution in [-0.4, -0.2) is 24.6 Å². The lowest BCUT2D eigenvalue weighted by Crippen LogP contribution is -2.25. The number of hydrogen-bond acceptors (Lipinski definition) is 4. The van der Waals surface area contributed by atoms with Crippen molar-refractivity contribution < 1.29 is 4.42 Å². The molecule has 0 aliphatic carbocycles. The monoisotopic (exact) mass is 295 g/mol. The van der Waals surface area contributed by atoms with Crippen LogP contribution in [0.2, 0.25) is 0 Å². The maximum Gasteiger partial charge on any atom is 0.295 e. The minimum Gasteiger partial charge on any atom is -0.424 e. The number of rotatable bonds is 7. The SMILES string of the molecule is CCN(CCCNc1nc2ccccc2o1)c1ccccc1. The van der Waals surface area contributed by atoms with Crippen LogP contribution in [-0.2, 0) is 0 Å². The number of para-hydroxylation sites is 3. The van der Waals surface area contributed by atoms with E-state index in [4.69, 9.17) is 4.42 Å². The highest BCUT2D eigenvalue weighted by Crippen LogP contribution is 2.18. The molecular weight excluding hydrogens is 274 g/mol. The highest BCUT2D eigenvalue weighted by molar-refractivity contribution is 5.74. The van der Waals surface area contributed by atoms with Crippen molar-refractivity contribution in [2.45, 2.75) is 13.3 Å². The second-order valence-corrected chi connectivity index (χ2v) is 5.18. The molecule has 4 heteroatoms. The topological polar surface area (TPSA) is 41.3 Å². The van der Waals surface area contributed by atoms with Gasteiger partial charge in [-0.1, -0.05) is 30.3 Å². The van der Waals surface area contributed by atoms with Crippen LogP contribution >= 0.6 is 0 Å². The van der Waals surface area contributed by atoms with Crippen molar-refractivity contribution in [1.29, 1.82) is 0 Å². The van der Waals surface area contributed by atoms with E-state index in [-0.39, 0.29) is 0 Å². The zero-order chi connectivity index (χ0) is 15.2. The Morgan fingerprint density at radius 3 is 2.59 bits per heavy atom. The van der Waals surface area contributed by atoms with E-state index in [1.54, 1.807) is 0 Å². The largest absolute Gasteiger partial charge is 0.424 e. The molecule has 0 aliphatic rings. The molecule has 0 radical (unpaired) electrons. The fourth-order valence-electron chi connectivity index (χ4n) is 2.52. The average Bonchev–Trinajstić information content (AvgIpc) is 2.98. The third-order valence-electron chi connectivity index (χ3n) is 3.68. The van der Waals surface area contributed by atoms with Gasteiger partial charge in [0.15, 0.2) is 5.58 Å². The summed E-state index contributed by atoms with van der Waals surface area (Å²) < 4.78 is 5.65. The Kier molecular flexibility index (Phi) is 4.59. The smallest absolute Gasteiger partial charge is 0.295 e. The number of anilines is 2. The molecule has 114 valence electrons. The van der Waals surface area contributed by atoms with Crippen LogP contribution in [0.3, 0.4) is 0 Å². The van der Waals surface area contributed by atoms with Gasteiger partial charge in [-0.05, 0) is 37.6 Å². The highest BCUT2D eigenvalue weighted by Gasteiger charge is 2.05. The summed E-state index contributed by atoms with van der Waals surface area (Å²) in [5.74, 6) is 0. The summed E-state index contributed by atoms with van der Waals surface area (Å²) in [6, 6.07) is 18.9. The summed E-state index contributed by atoms with van der Waals surface area (Å²) in [6.45, 7) is 5.04. The molecule has 0 saturated heterocycles. The molecule has 0 fully saturated rings. The van der Waals surface area contributed by atoms with Crippen LogP contribution in [0.5, 0.6) is 0 Å². The number of fused-ring (bicyclic) bond motifs is 1. The molecule has 0 saturated carbocycles. The third kappa shape index (κ3) is 3.39. The molecule has 1 N–H and O–H groups in total. The van der Waals surface area contributed by atoms with E-state index in [9.17, 15) is 0 Å². The maximum absolute atomic E-state index is 5.65. The van der Waals surface area contributed by atoms with Gasteiger partial charge < -0.3 is 14.6 Å². The molecule has 0 bridgehead atoms. The van der Waals surface area contributed by atoms with E-state index in [2.05, 4.69) is 46.4 Å². The summed E-state index contributed by atoms with van der Waals surface area (Å²) in [5, 5.41) is 3.26. The van der Waals surface area contributed by atoms with Gasteiger partial charge in [0.25, 0.3) is 6.01 Å². The second kappa shape index (κ2) is 6.98. The number of nitrogens with zero attached hydrogens (tertiary/aromatic N) is 2. The molecule has 2 aromatic carbocycles. The number of aromatic nitrogens is 1. The summed E-state index contributed by atoms with van der Waals surface area (Å²) in [6.07, 6.45) is 1.03. The number of nitrogens with one attached hydrogen (secondary N) is 1. The lowest BCUT2D eigenvalue weighted by molar-refractivity contribution is 0.611. The first kappa shape index (κ1) is 14.4. The molecule has 3 rings (SSSR count). The van der Waals surface area contributed by atoms with Crippen LogP contribution in [0.1, 0.15) is 13.3 Å². The summed E-state index contributed by atoms with van der Waals surface area (Å²) in [5.41, 5.74) is 2.99. The molecule has 0 aliphatic heterocycles. The quantitative estimate of drug-likeness (QED) is 0.665. The first-order chi connectivity index (χ1) is 10.9. The van der Waals surface area contributed by atoms with Crippen molar-refractivity contribution in [2.75, 3.05) is 29.9 Å². The zero-order valence-electron chi connectivity index (χ0n) is 12.8. The van der Waals surface area contributed by atoms with Crippen molar-refractivity contribution in [1.82, 2.24) is 4.98 Å². The Bertz CT molecular complexity index is 675. The van der Waals surface area contributed by atoms with E-state index >= 15 is 0 Å². The van der Waals surface area contributed by atoms with Crippen molar-refractivity contribution in [3.63, 3.8) is 0 Å². The molecular formula is C18H21N3O. The standard InChI is InChI=1S/C18H21N3O/c1-2-21(15-9-4-3-5-10-15)14-8-13-19-18-20-16-11-6-7-12-17(16)22-18/h3-7,9-12H,2,8,13-14H2,1H3,(H,19,20). The van der Waals surface area contributed by atoms with Crippen LogP contribution in [0.15, 0.2) is 59.0 Å². The highest BCUT2D eigenvalue weighted by atomic mass is 16.4. The third-order valence-corrected chi connectivity index (χ3v) is 3.68. The molecule has 4 nitrogen and oxygen atoms in total. The molecule has 0 atom stereocenters. The fraction of sp³-hybridized carbons (Fsp3) is 0.278. The van der Waals surface area contributed by atoms with Crippen molar-refractivity contribution in [2.24, 2.45) is 0 Å². The van der Waals surface area contributed by atoms with Crippen molar-refractivity contribution in [3.05, 3.63) is 54.6 Å². The Morgan fingerprint density at radius 1 is 1.05 bits per heavy atom. The van der Waals surface area contributed by atoms with Crippen molar-refractivity contribution in [3.8, 4) is 0 Å². The molecule has 0 unspecified atom stereocenters. The van der Waals surface area contributed by atoms with Gasteiger partial charge >= 0.3 is 0 Å². The van der Waals surface area contributed by atoms with Gasteiger partial charge in [-0.3, -0.25) is 0 Å². The Balaban J connectivity index is 1.50. The predicted molar refractivity (Wildman–Crippen MR) is 91.4 cm³/mol. The van der Waals surface area contributed by atoms with Gasteiger partial charge in [0.1, 0.15) is 5.52 Å². The lowest BCUT2D eigenvalue weighted by atomic mass is 10.2. The Morgan fingerprint density at radius 2 is 1.82 bits per heavy atom. The summed E-state index contributed by atoms with van der Waals surface area (Å²) in [4.78, 5) is 6.79. The van der Waals surface area contributed by atoms with Gasteiger partial charge in [-0.25, -0.2) is 0 Å². The lowest BCUT2D eigenvalue weighted by Gasteiger charge is -2.22. The van der Waals surface area contributed by atoms with E-state index in [0.717, 1.165) is 37.2 Å². The van der Waals surface area contributed by atoms with Crippen LogP contribution in [0.4, 0.5) is 11.7 Å². The van der Waals surface area contributed by atoms with Gasteiger partial charge in [0.05, 0.1) is 0 Å². The summed E-state index contributed by atoms with van der Waals surface area (Å²) in [7, 11) is 0.